The standard InChI is InChI=1S/C31H28N4O4/c1-17(2)15-23-25-26(29(38)34(28(25)37)18-9-8-10-19(16-18)39-3)31(33-23)21-12-5-7-14-24(21)35-27(36)20-11-4-6-13-22(20)32-30(31)35/h4-14,16-17,23,25-26,33H,15H2,1-3H3/t23-,25-,26-,31+/m1/s1. The number of aromatic nitrogens is 2. The molecule has 0 aliphatic carbocycles. The molecule has 0 saturated carbocycles. The lowest BCUT2D eigenvalue weighted by molar-refractivity contribution is -0.123. The molecule has 196 valence electrons. The van der Waals surface area contributed by atoms with Gasteiger partial charge >= 0.3 is 0 Å². The van der Waals surface area contributed by atoms with E-state index < -0.39 is 17.4 Å². The molecule has 1 N–H and O–H groups in total. The second kappa shape index (κ2) is 8.35. The Morgan fingerprint density at radius 3 is 2.54 bits per heavy atom. The molecule has 3 aromatic carbocycles. The van der Waals surface area contributed by atoms with Crippen molar-refractivity contribution in [1.29, 1.82) is 0 Å². The van der Waals surface area contributed by atoms with Gasteiger partial charge in [0.2, 0.25) is 11.8 Å². The van der Waals surface area contributed by atoms with Crippen LogP contribution in [-0.4, -0.2) is 34.5 Å². The number of ether oxygens (including phenoxy) is 1. The van der Waals surface area contributed by atoms with E-state index in [1.165, 1.54) is 4.90 Å². The Kier molecular flexibility index (Phi) is 5.09. The molecular weight excluding hydrogens is 492 g/mol. The van der Waals surface area contributed by atoms with Crippen molar-refractivity contribution in [3.05, 3.63) is 94.5 Å². The van der Waals surface area contributed by atoms with Crippen LogP contribution < -0.4 is 20.5 Å². The summed E-state index contributed by atoms with van der Waals surface area (Å²) in [6, 6.07) is 21.6. The predicted octanol–water partition coefficient (Wildman–Crippen LogP) is 3.78. The summed E-state index contributed by atoms with van der Waals surface area (Å²) in [7, 11) is 1.55. The fourth-order valence-corrected chi connectivity index (χ4v) is 6.93. The highest BCUT2D eigenvalue weighted by Gasteiger charge is 2.69. The number of hydrogen-bond acceptors (Lipinski definition) is 6. The van der Waals surface area contributed by atoms with Crippen molar-refractivity contribution in [3.63, 3.8) is 0 Å². The summed E-state index contributed by atoms with van der Waals surface area (Å²) < 4.78 is 7.01. The summed E-state index contributed by atoms with van der Waals surface area (Å²) in [6.45, 7) is 4.21. The summed E-state index contributed by atoms with van der Waals surface area (Å²) in [5.41, 5.74) is 1.20. The van der Waals surface area contributed by atoms with Gasteiger partial charge in [-0.15, -0.1) is 0 Å². The van der Waals surface area contributed by atoms with Crippen LogP contribution in [0, 0.1) is 17.8 Å². The normalized spacial score (nSPS) is 25.0. The molecular formula is C31H28N4O4. The molecule has 8 nitrogen and oxygen atoms in total. The van der Waals surface area contributed by atoms with Crippen molar-refractivity contribution in [3.8, 4) is 11.4 Å². The van der Waals surface area contributed by atoms with Gasteiger partial charge in [-0.3, -0.25) is 24.3 Å². The number of benzene rings is 3. The van der Waals surface area contributed by atoms with Crippen LogP contribution in [0.4, 0.5) is 5.69 Å². The van der Waals surface area contributed by atoms with Crippen molar-refractivity contribution in [2.75, 3.05) is 12.0 Å². The van der Waals surface area contributed by atoms with Crippen LogP contribution in [0.15, 0.2) is 77.6 Å². The monoisotopic (exact) mass is 520 g/mol. The Balaban J connectivity index is 1.51. The summed E-state index contributed by atoms with van der Waals surface area (Å²) in [6.07, 6.45) is 0.688. The molecule has 0 unspecified atom stereocenters. The Morgan fingerprint density at radius 2 is 1.74 bits per heavy atom. The minimum atomic E-state index is -1.13. The number of para-hydroxylation sites is 2. The van der Waals surface area contributed by atoms with Crippen LogP contribution >= 0.6 is 0 Å². The quantitative estimate of drug-likeness (QED) is 0.412. The zero-order valence-corrected chi connectivity index (χ0v) is 21.9. The Labute approximate surface area is 225 Å². The van der Waals surface area contributed by atoms with Crippen LogP contribution in [0.25, 0.3) is 16.6 Å². The second-order valence-electron chi connectivity index (χ2n) is 11.0. The minimum absolute atomic E-state index is 0.188. The number of nitrogens with zero attached hydrogens (tertiary/aromatic N) is 3. The third kappa shape index (κ3) is 3.09. The number of nitrogens with one attached hydrogen (secondary N) is 1. The average Bonchev–Trinajstić information content (AvgIpc) is 3.51. The van der Waals surface area contributed by atoms with Gasteiger partial charge < -0.3 is 4.74 Å². The number of rotatable bonds is 4. The van der Waals surface area contributed by atoms with E-state index in [4.69, 9.17) is 9.72 Å². The number of amides is 2. The smallest absolute Gasteiger partial charge is 0.266 e. The molecule has 7 rings (SSSR count). The molecule has 3 aliphatic heterocycles. The van der Waals surface area contributed by atoms with Crippen molar-refractivity contribution < 1.29 is 14.3 Å². The second-order valence-corrected chi connectivity index (χ2v) is 11.0. The van der Waals surface area contributed by atoms with Crippen LogP contribution in [0.3, 0.4) is 0 Å². The first-order valence-corrected chi connectivity index (χ1v) is 13.3. The highest BCUT2D eigenvalue weighted by atomic mass is 16.5. The van der Waals surface area contributed by atoms with Gasteiger partial charge in [-0.1, -0.05) is 50.2 Å². The van der Waals surface area contributed by atoms with Crippen molar-refractivity contribution in [1.82, 2.24) is 14.9 Å². The minimum Gasteiger partial charge on any atom is -0.497 e. The van der Waals surface area contributed by atoms with Crippen LogP contribution in [0.1, 0.15) is 31.7 Å². The molecule has 4 heterocycles. The molecule has 2 saturated heterocycles. The lowest BCUT2D eigenvalue weighted by atomic mass is 9.75. The Bertz CT molecular complexity index is 1740. The van der Waals surface area contributed by atoms with E-state index in [-0.39, 0.29) is 29.3 Å². The van der Waals surface area contributed by atoms with Gasteiger partial charge in [0.15, 0.2) is 0 Å². The largest absolute Gasteiger partial charge is 0.497 e. The number of fused-ring (bicyclic) bond motifs is 8. The van der Waals surface area contributed by atoms with Crippen LogP contribution in [-0.2, 0) is 15.1 Å². The van der Waals surface area contributed by atoms with Crippen molar-refractivity contribution in [2.45, 2.75) is 31.8 Å². The SMILES string of the molecule is COc1cccc(N2C(=O)[C@@H]3[C@@H](CC(C)C)N[C@@]4(c5ccccc5-n5c4nc4ccccc4c5=O)[C@H]3C2=O)c1. The summed E-state index contributed by atoms with van der Waals surface area (Å²) in [5, 5.41) is 4.25. The maximum atomic E-state index is 14.5. The van der Waals surface area contributed by atoms with Gasteiger partial charge in [-0.25, -0.2) is 9.88 Å². The number of imide groups is 1. The number of carbonyl (C=O) groups excluding carboxylic acids is 2. The summed E-state index contributed by atoms with van der Waals surface area (Å²) in [5.74, 6) is -0.641. The molecule has 2 amide bonds. The highest BCUT2D eigenvalue weighted by molar-refractivity contribution is 6.23. The van der Waals surface area contributed by atoms with Crippen molar-refractivity contribution in [2.24, 2.45) is 17.8 Å². The van der Waals surface area contributed by atoms with Gasteiger partial charge in [-0.2, -0.15) is 0 Å². The maximum absolute atomic E-state index is 14.5. The highest BCUT2D eigenvalue weighted by Crippen LogP contribution is 2.56. The van der Waals surface area contributed by atoms with E-state index in [0.717, 1.165) is 5.56 Å². The number of hydrogen-bond donors (Lipinski definition) is 1. The van der Waals surface area contributed by atoms with Crippen LogP contribution in [0.5, 0.6) is 5.75 Å². The molecule has 1 aromatic heterocycles. The molecule has 4 atom stereocenters. The van der Waals surface area contributed by atoms with E-state index in [2.05, 4.69) is 19.2 Å². The molecule has 0 bridgehead atoms. The van der Waals surface area contributed by atoms with E-state index in [0.29, 0.717) is 40.3 Å². The molecule has 8 heteroatoms. The predicted molar refractivity (Wildman–Crippen MR) is 147 cm³/mol. The third-order valence-electron chi connectivity index (χ3n) is 8.40. The molecule has 39 heavy (non-hydrogen) atoms. The molecule has 2 fully saturated rings. The van der Waals surface area contributed by atoms with E-state index in [9.17, 15) is 14.4 Å². The summed E-state index contributed by atoms with van der Waals surface area (Å²) in [4.78, 5) is 48.9. The van der Waals surface area contributed by atoms with Gasteiger partial charge in [0.1, 0.15) is 17.1 Å². The topological polar surface area (TPSA) is 93.5 Å². The van der Waals surface area contributed by atoms with E-state index in [1.54, 1.807) is 42.0 Å². The molecule has 1 spiro atoms. The first-order chi connectivity index (χ1) is 18.9. The maximum Gasteiger partial charge on any atom is 0.266 e. The van der Waals surface area contributed by atoms with Crippen molar-refractivity contribution >= 4 is 28.4 Å². The zero-order valence-electron chi connectivity index (χ0n) is 21.9. The van der Waals surface area contributed by atoms with Gasteiger partial charge in [-0.05, 0) is 42.7 Å². The van der Waals surface area contributed by atoms with Gasteiger partial charge in [0.25, 0.3) is 5.56 Å². The number of methoxy groups -OCH3 is 1. The fourth-order valence-electron chi connectivity index (χ4n) is 6.93. The number of anilines is 1. The zero-order chi connectivity index (χ0) is 27.1. The Hall–Kier alpha value is -4.30. The van der Waals surface area contributed by atoms with E-state index in [1.807, 2.05) is 42.5 Å². The first kappa shape index (κ1) is 23.8. The molecule has 4 aromatic rings. The van der Waals surface area contributed by atoms with Gasteiger partial charge in [0, 0.05) is 17.7 Å². The molecule has 0 radical (unpaired) electrons. The Morgan fingerprint density at radius 1 is 0.974 bits per heavy atom. The van der Waals surface area contributed by atoms with E-state index >= 15 is 0 Å². The lowest BCUT2D eigenvalue weighted by Crippen LogP contribution is -2.50. The average molecular weight is 521 g/mol. The first-order valence-electron chi connectivity index (χ1n) is 13.3. The third-order valence-corrected chi connectivity index (χ3v) is 8.40. The van der Waals surface area contributed by atoms with Crippen LogP contribution in [0.2, 0.25) is 0 Å². The lowest BCUT2D eigenvalue weighted by Gasteiger charge is -2.32. The fraction of sp³-hybridized carbons (Fsp3) is 0.290. The van der Waals surface area contributed by atoms with Gasteiger partial charge in [0.05, 0.1) is 41.2 Å². The number of carbonyl (C=O) groups is 2. The molecule has 3 aliphatic rings. The summed E-state index contributed by atoms with van der Waals surface area (Å²) >= 11 is 0.